The van der Waals surface area contributed by atoms with E-state index >= 15 is 0 Å². The van der Waals surface area contributed by atoms with Crippen molar-refractivity contribution in [2.24, 2.45) is 0 Å². The van der Waals surface area contributed by atoms with Crippen molar-refractivity contribution in [3.05, 3.63) is 88.0 Å². The fraction of sp³-hybridized carbons (Fsp3) is 0.346. The lowest BCUT2D eigenvalue weighted by atomic mass is 9.99. The molecule has 0 saturated heterocycles. The van der Waals surface area contributed by atoms with Crippen molar-refractivity contribution < 1.29 is 9.32 Å². The van der Waals surface area contributed by atoms with Crippen molar-refractivity contribution in [2.75, 3.05) is 19.6 Å². The van der Waals surface area contributed by atoms with Gasteiger partial charge in [0.2, 0.25) is 11.8 Å². The maximum absolute atomic E-state index is 12.7. The molecular weight excluding hydrogens is 436 g/mol. The summed E-state index contributed by atoms with van der Waals surface area (Å²) in [6.45, 7) is 4.12. The molecule has 2 aliphatic heterocycles. The highest BCUT2D eigenvalue weighted by molar-refractivity contribution is 6.30. The fourth-order valence-corrected chi connectivity index (χ4v) is 4.60. The Hall–Kier alpha value is -2.96. The van der Waals surface area contributed by atoms with E-state index in [1.165, 1.54) is 16.7 Å². The van der Waals surface area contributed by atoms with Crippen LogP contribution in [0.15, 0.2) is 59.1 Å². The second-order valence-electron chi connectivity index (χ2n) is 8.69. The van der Waals surface area contributed by atoms with E-state index in [2.05, 4.69) is 51.4 Å². The summed E-state index contributed by atoms with van der Waals surface area (Å²) >= 11 is 5.97. The van der Waals surface area contributed by atoms with E-state index in [-0.39, 0.29) is 5.91 Å². The van der Waals surface area contributed by atoms with Gasteiger partial charge in [0.1, 0.15) is 0 Å². The molecule has 0 aliphatic carbocycles. The highest BCUT2D eigenvalue weighted by Crippen LogP contribution is 2.23. The molecule has 1 amide bonds. The van der Waals surface area contributed by atoms with Gasteiger partial charge in [-0.15, -0.1) is 0 Å². The number of carbonyl (C=O) groups is 1. The minimum absolute atomic E-state index is 0.138. The van der Waals surface area contributed by atoms with Crippen LogP contribution in [-0.2, 0) is 30.7 Å². The number of aryl methyl sites for hydroxylation is 1. The van der Waals surface area contributed by atoms with Crippen LogP contribution in [0.4, 0.5) is 0 Å². The van der Waals surface area contributed by atoms with E-state index in [0.717, 1.165) is 49.6 Å². The van der Waals surface area contributed by atoms with E-state index in [9.17, 15) is 4.79 Å². The molecule has 3 heterocycles. The molecule has 0 N–H and O–H groups in total. The van der Waals surface area contributed by atoms with Gasteiger partial charge in [-0.25, -0.2) is 0 Å². The van der Waals surface area contributed by atoms with Gasteiger partial charge >= 0.3 is 0 Å². The van der Waals surface area contributed by atoms with Crippen molar-refractivity contribution in [2.45, 2.75) is 38.8 Å². The number of halogens is 1. The fourth-order valence-electron chi connectivity index (χ4n) is 4.47. The van der Waals surface area contributed by atoms with Gasteiger partial charge in [0.15, 0.2) is 5.82 Å². The highest BCUT2D eigenvalue weighted by Gasteiger charge is 2.22. The van der Waals surface area contributed by atoms with E-state index < -0.39 is 0 Å². The molecular formula is C26H27ClN4O2. The number of carbonyl (C=O) groups excluding carboxylic acids is 1. The summed E-state index contributed by atoms with van der Waals surface area (Å²) in [4.78, 5) is 21.6. The number of fused-ring (bicyclic) bond motifs is 1. The Labute approximate surface area is 198 Å². The molecule has 0 fully saturated rings. The molecule has 0 unspecified atom stereocenters. The Morgan fingerprint density at radius 1 is 1.03 bits per heavy atom. The van der Waals surface area contributed by atoms with E-state index in [1.807, 2.05) is 23.1 Å². The first-order valence-electron chi connectivity index (χ1n) is 11.5. The second kappa shape index (κ2) is 9.89. The van der Waals surface area contributed by atoms with Crippen LogP contribution in [0.3, 0.4) is 0 Å². The summed E-state index contributed by atoms with van der Waals surface area (Å²) in [5, 5.41) is 4.93. The Morgan fingerprint density at radius 2 is 1.85 bits per heavy atom. The lowest BCUT2D eigenvalue weighted by Crippen LogP contribution is -2.36. The molecule has 2 aromatic carbocycles. The summed E-state index contributed by atoms with van der Waals surface area (Å²) in [6, 6.07) is 16.3. The number of amides is 1. The number of benzene rings is 2. The normalized spacial score (nSPS) is 16.4. The Morgan fingerprint density at radius 3 is 2.64 bits per heavy atom. The van der Waals surface area contributed by atoms with E-state index in [4.69, 9.17) is 16.1 Å². The topological polar surface area (TPSA) is 62.5 Å². The van der Waals surface area contributed by atoms with Crippen molar-refractivity contribution in [1.29, 1.82) is 0 Å². The van der Waals surface area contributed by atoms with Crippen LogP contribution >= 0.6 is 11.6 Å². The maximum atomic E-state index is 12.7. The molecule has 2 aliphatic rings. The molecule has 33 heavy (non-hydrogen) atoms. The number of aromatic nitrogens is 2. The lowest BCUT2D eigenvalue weighted by molar-refractivity contribution is -0.132. The Bertz CT molecular complexity index is 1160. The van der Waals surface area contributed by atoms with Gasteiger partial charge in [0.25, 0.3) is 0 Å². The van der Waals surface area contributed by atoms with Gasteiger partial charge in [-0.1, -0.05) is 59.2 Å². The zero-order valence-electron chi connectivity index (χ0n) is 18.5. The molecule has 0 bridgehead atoms. The molecule has 0 radical (unpaired) electrons. The molecule has 170 valence electrons. The first-order chi connectivity index (χ1) is 16.1. The SMILES string of the molecule is O=C(CCc1nc(C2=CCN(Cc3ccc(Cl)cc3)CC2)no1)N1CCc2ccccc2C1. The summed E-state index contributed by atoms with van der Waals surface area (Å²) in [7, 11) is 0. The van der Waals surface area contributed by atoms with E-state index in [1.54, 1.807) is 0 Å². The quantitative estimate of drug-likeness (QED) is 0.538. The third-order valence-corrected chi connectivity index (χ3v) is 6.66. The van der Waals surface area contributed by atoms with Gasteiger partial charge in [0.05, 0.1) is 0 Å². The van der Waals surface area contributed by atoms with Gasteiger partial charge in [0, 0.05) is 50.6 Å². The monoisotopic (exact) mass is 462 g/mol. The van der Waals surface area contributed by atoms with Crippen LogP contribution in [0.2, 0.25) is 5.02 Å². The molecule has 0 spiro atoms. The summed E-state index contributed by atoms with van der Waals surface area (Å²) in [5.41, 5.74) is 4.94. The predicted molar refractivity (Wildman–Crippen MR) is 128 cm³/mol. The minimum Gasteiger partial charge on any atom is -0.339 e. The molecule has 7 heteroatoms. The lowest BCUT2D eigenvalue weighted by Gasteiger charge is -2.28. The molecule has 1 aromatic heterocycles. The Kier molecular flexibility index (Phi) is 6.55. The van der Waals surface area contributed by atoms with Crippen LogP contribution in [-0.4, -0.2) is 45.5 Å². The largest absolute Gasteiger partial charge is 0.339 e. The first-order valence-corrected chi connectivity index (χ1v) is 11.9. The second-order valence-corrected chi connectivity index (χ2v) is 9.12. The van der Waals surface area contributed by atoms with E-state index in [0.29, 0.717) is 31.1 Å². The van der Waals surface area contributed by atoms with Gasteiger partial charge in [-0.05, 0) is 47.2 Å². The summed E-state index contributed by atoms with van der Waals surface area (Å²) < 4.78 is 5.45. The van der Waals surface area contributed by atoms with Crippen molar-refractivity contribution in [3.8, 4) is 0 Å². The van der Waals surface area contributed by atoms with Crippen LogP contribution in [0.25, 0.3) is 5.57 Å². The molecule has 0 atom stereocenters. The third kappa shape index (κ3) is 5.34. The predicted octanol–water partition coefficient (Wildman–Crippen LogP) is 4.53. The molecule has 6 nitrogen and oxygen atoms in total. The molecule has 5 rings (SSSR count). The summed E-state index contributed by atoms with van der Waals surface area (Å²) in [5.74, 6) is 1.31. The average Bonchev–Trinajstić information content (AvgIpc) is 3.33. The van der Waals surface area contributed by atoms with Gasteiger partial charge in [-0.3, -0.25) is 9.69 Å². The van der Waals surface area contributed by atoms with Crippen LogP contribution in [0, 0.1) is 0 Å². The highest BCUT2D eigenvalue weighted by atomic mass is 35.5. The number of nitrogens with zero attached hydrogens (tertiary/aromatic N) is 4. The van der Waals surface area contributed by atoms with Crippen LogP contribution in [0.1, 0.15) is 41.2 Å². The third-order valence-electron chi connectivity index (χ3n) is 6.40. The Balaban J connectivity index is 1.12. The van der Waals surface area contributed by atoms with Crippen molar-refractivity contribution in [3.63, 3.8) is 0 Å². The van der Waals surface area contributed by atoms with Gasteiger partial charge < -0.3 is 9.42 Å². The molecule has 3 aromatic rings. The van der Waals surface area contributed by atoms with Crippen molar-refractivity contribution >= 4 is 23.1 Å². The molecule has 0 saturated carbocycles. The first kappa shape index (κ1) is 21.9. The number of hydrogen-bond donors (Lipinski definition) is 0. The van der Waals surface area contributed by atoms with Gasteiger partial charge in [-0.2, -0.15) is 4.98 Å². The number of rotatable bonds is 6. The number of hydrogen-bond acceptors (Lipinski definition) is 5. The minimum atomic E-state index is 0.138. The standard InChI is InChI=1S/C26H27ClN4O2/c27-23-7-5-19(6-8-23)17-30-14-11-21(12-15-30)26-28-24(33-29-26)9-10-25(32)31-16-13-20-3-1-2-4-22(20)18-31/h1-8,11H,9-10,12-18H2. The zero-order valence-corrected chi connectivity index (χ0v) is 19.3. The van der Waals surface area contributed by atoms with Crippen molar-refractivity contribution in [1.82, 2.24) is 19.9 Å². The summed E-state index contributed by atoms with van der Waals surface area (Å²) in [6.07, 6.45) is 4.82. The van der Waals surface area contributed by atoms with Crippen LogP contribution in [0.5, 0.6) is 0 Å². The zero-order chi connectivity index (χ0) is 22.6. The van der Waals surface area contributed by atoms with Crippen LogP contribution < -0.4 is 0 Å². The maximum Gasteiger partial charge on any atom is 0.227 e. The average molecular weight is 463 g/mol. The smallest absolute Gasteiger partial charge is 0.227 e.